The first-order valence-corrected chi connectivity index (χ1v) is 12.3. The number of fused-ring (bicyclic) bond motifs is 5. The Morgan fingerprint density at radius 1 is 1.25 bits per heavy atom. The second kappa shape index (κ2) is 7.23. The molecule has 4 unspecified atom stereocenters. The van der Waals surface area contributed by atoms with Gasteiger partial charge in [-0.25, -0.2) is 8.78 Å². The van der Waals surface area contributed by atoms with Crippen LogP contribution in [0, 0.1) is 28.6 Å². The number of halogens is 2. The van der Waals surface area contributed by atoms with Crippen LogP contribution in [0.5, 0.6) is 0 Å². The number of alkyl halides is 2. The number of aliphatic hydroxyl groups is 1. The Balaban J connectivity index is 1.89. The lowest BCUT2D eigenvalue weighted by atomic mass is 9.44. The van der Waals surface area contributed by atoms with Crippen molar-refractivity contribution < 1.29 is 33.0 Å². The number of hydrogen-bond acceptors (Lipinski definition) is 6. The summed E-state index contributed by atoms with van der Waals surface area (Å²) < 4.78 is 38.4. The molecule has 0 bridgehead atoms. The maximum absolute atomic E-state index is 17.1. The fourth-order valence-corrected chi connectivity index (χ4v) is 8.38. The largest absolute Gasteiger partial charge is 0.449 e. The minimum atomic E-state index is -2.22. The van der Waals surface area contributed by atoms with Gasteiger partial charge >= 0.3 is 5.97 Å². The van der Waals surface area contributed by atoms with E-state index in [1.165, 1.54) is 26.0 Å². The standard InChI is InChI=1S/C24H30F2O5S/c1-12-8-15-16-10-18(25)17-9-14(28)6-7-21(17,3)23(16,26)19(29)11-22(15,4)24(12,20(30)32-5)31-13(2)27/h6-7,9,12,15-16,18-19,29H,8,10-11H2,1-5H3/t12?,15-,16-,18?,19?,21-,22-,23-,24?/m0/s1. The Kier molecular flexibility index (Phi) is 5.33. The molecule has 0 radical (unpaired) electrons. The van der Waals surface area contributed by atoms with Crippen molar-refractivity contribution >= 4 is 28.6 Å². The van der Waals surface area contributed by atoms with E-state index in [9.17, 15) is 19.5 Å². The van der Waals surface area contributed by atoms with Crippen LogP contribution >= 0.6 is 11.8 Å². The molecule has 0 heterocycles. The SMILES string of the molecule is CSC(=O)C1(OC(C)=O)C(C)C[C@H]2[C@@H]3CC(F)C4=CC(=O)C=C[C@]4(C)[C@@]3(F)C(O)C[C@@]21C. The molecule has 176 valence electrons. The van der Waals surface area contributed by atoms with Crippen molar-refractivity contribution in [1.29, 1.82) is 0 Å². The summed E-state index contributed by atoms with van der Waals surface area (Å²) in [6.07, 6.45) is 2.34. The van der Waals surface area contributed by atoms with Gasteiger partial charge in [-0.05, 0) is 56.1 Å². The predicted octanol–water partition coefficient (Wildman–Crippen LogP) is 3.74. The van der Waals surface area contributed by atoms with Crippen LogP contribution in [0.25, 0.3) is 0 Å². The number of ether oxygens (including phenoxy) is 1. The zero-order chi connectivity index (χ0) is 23.9. The molecule has 3 fully saturated rings. The summed E-state index contributed by atoms with van der Waals surface area (Å²) in [6.45, 7) is 6.34. The maximum atomic E-state index is 17.1. The van der Waals surface area contributed by atoms with Crippen LogP contribution in [-0.2, 0) is 19.1 Å². The molecule has 4 rings (SSSR count). The van der Waals surface area contributed by atoms with Crippen LogP contribution in [0.3, 0.4) is 0 Å². The molecule has 3 saturated carbocycles. The summed E-state index contributed by atoms with van der Waals surface area (Å²) in [6, 6.07) is 0. The number of rotatable bonds is 2. The molecule has 0 saturated heterocycles. The van der Waals surface area contributed by atoms with Gasteiger partial charge in [-0.2, -0.15) is 0 Å². The third kappa shape index (κ3) is 2.62. The summed E-state index contributed by atoms with van der Waals surface area (Å²) in [7, 11) is 0. The van der Waals surface area contributed by atoms with Gasteiger partial charge in [0.25, 0.3) is 0 Å². The maximum Gasteiger partial charge on any atom is 0.303 e. The molecule has 32 heavy (non-hydrogen) atoms. The topological polar surface area (TPSA) is 80.7 Å². The number of thioether (sulfide) groups is 1. The lowest BCUT2D eigenvalue weighted by Gasteiger charge is -2.63. The average molecular weight is 469 g/mol. The highest BCUT2D eigenvalue weighted by molar-refractivity contribution is 8.13. The van der Waals surface area contributed by atoms with E-state index >= 15 is 8.78 Å². The lowest BCUT2D eigenvalue weighted by Crippen LogP contribution is -2.70. The summed E-state index contributed by atoms with van der Waals surface area (Å²) in [4.78, 5) is 37.3. The molecular weight excluding hydrogens is 438 g/mol. The van der Waals surface area contributed by atoms with E-state index in [-0.39, 0.29) is 23.5 Å². The van der Waals surface area contributed by atoms with E-state index in [0.29, 0.717) is 6.42 Å². The molecule has 1 N–H and O–H groups in total. The third-order valence-corrected chi connectivity index (χ3v) is 9.64. The summed E-state index contributed by atoms with van der Waals surface area (Å²) in [5.41, 5.74) is -6.25. The molecule has 5 nitrogen and oxygen atoms in total. The fourth-order valence-electron chi connectivity index (χ4n) is 7.60. The van der Waals surface area contributed by atoms with Crippen molar-refractivity contribution in [2.45, 2.75) is 70.5 Å². The quantitative estimate of drug-likeness (QED) is 0.622. The molecule has 4 aliphatic rings. The molecule has 9 atom stereocenters. The summed E-state index contributed by atoms with van der Waals surface area (Å²) in [5, 5.41) is 11.0. The molecular formula is C24H30F2O5S. The molecule has 8 heteroatoms. The van der Waals surface area contributed by atoms with Gasteiger partial charge in [0.1, 0.15) is 6.17 Å². The first-order chi connectivity index (χ1) is 14.8. The van der Waals surface area contributed by atoms with Crippen molar-refractivity contribution in [3.63, 3.8) is 0 Å². The van der Waals surface area contributed by atoms with E-state index in [1.54, 1.807) is 20.1 Å². The molecule has 0 aromatic carbocycles. The van der Waals surface area contributed by atoms with E-state index in [1.807, 2.05) is 0 Å². The predicted molar refractivity (Wildman–Crippen MR) is 116 cm³/mol. The van der Waals surface area contributed by atoms with Gasteiger partial charge in [0.2, 0.25) is 5.12 Å². The Morgan fingerprint density at radius 3 is 2.50 bits per heavy atom. The number of ketones is 1. The highest BCUT2D eigenvalue weighted by atomic mass is 32.2. The lowest BCUT2D eigenvalue weighted by molar-refractivity contribution is -0.228. The smallest absolute Gasteiger partial charge is 0.303 e. The Morgan fingerprint density at radius 2 is 1.91 bits per heavy atom. The molecule has 0 aromatic rings. The zero-order valence-electron chi connectivity index (χ0n) is 19.0. The van der Waals surface area contributed by atoms with Crippen LogP contribution in [0.2, 0.25) is 0 Å². The second-order valence-corrected chi connectivity index (χ2v) is 11.1. The number of carbonyl (C=O) groups is 3. The van der Waals surface area contributed by atoms with Crippen LogP contribution < -0.4 is 0 Å². The van der Waals surface area contributed by atoms with Gasteiger partial charge in [0.05, 0.1) is 6.10 Å². The van der Waals surface area contributed by atoms with Gasteiger partial charge in [-0.3, -0.25) is 14.4 Å². The Labute approximate surface area is 191 Å². The summed E-state index contributed by atoms with van der Waals surface area (Å²) in [5.74, 6) is -2.86. The van der Waals surface area contributed by atoms with E-state index < -0.39 is 63.9 Å². The first kappa shape index (κ1) is 23.6. The van der Waals surface area contributed by atoms with Crippen LogP contribution in [0.4, 0.5) is 8.78 Å². The Hall–Kier alpha value is -1.54. The van der Waals surface area contributed by atoms with Gasteiger partial charge in [-0.1, -0.05) is 31.7 Å². The van der Waals surface area contributed by atoms with Crippen LogP contribution in [0.1, 0.15) is 47.0 Å². The van der Waals surface area contributed by atoms with Crippen LogP contribution in [-0.4, -0.2) is 51.8 Å². The number of hydrogen-bond donors (Lipinski definition) is 1. The molecule has 0 spiro atoms. The highest BCUT2D eigenvalue weighted by Crippen LogP contribution is 2.72. The Bertz CT molecular complexity index is 949. The summed E-state index contributed by atoms with van der Waals surface area (Å²) >= 11 is 0.945. The van der Waals surface area contributed by atoms with Gasteiger partial charge in [0, 0.05) is 29.6 Å². The van der Waals surface area contributed by atoms with Crippen LogP contribution in [0.15, 0.2) is 23.8 Å². The third-order valence-electron chi connectivity index (χ3n) is 8.96. The monoisotopic (exact) mass is 468 g/mol. The molecule has 0 aromatic heterocycles. The molecule has 0 aliphatic heterocycles. The van der Waals surface area contributed by atoms with Crippen molar-refractivity contribution in [2.75, 3.05) is 6.26 Å². The van der Waals surface area contributed by atoms with Crippen molar-refractivity contribution in [3.05, 3.63) is 23.8 Å². The van der Waals surface area contributed by atoms with Crippen molar-refractivity contribution in [3.8, 4) is 0 Å². The van der Waals surface area contributed by atoms with E-state index in [0.717, 1.165) is 17.8 Å². The normalized spacial score (nSPS) is 49.6. The minimum Gasteiger partial charge on any atom is -0.449 e. The zero-order valence-corrected chi connectivity index (χ0v) is 19.8. The van der Waals surface area contributed by atoms with Gasteiger partial charge in [-0.15, -0.1) is 0 Å². The van der Waals surface area contributed by atoms with E-state index in [4.69, 9.17) is 4.74 Å². The highest BCUT2D eigenvalue weighted by Gasteiger charge is 2.78. The van der Waals surface area contributed by atoms with E-state index in [2.05, 4.69) is 0 Å². The molecule has 4 aliphatic carbocycles. The van der Waals surface area contributed by atoms with Crippen molar-refractivity contribution in [1.82, 2.24) is 0 Å². The fraction of sp³-hybridized carbons (Fsp3) is 0.708. The number of aliphatic hydroxyl groups excluding tert-OH is 1. The number of allylic oxidation sites excluding steroid dienone is 4. The van der Waals surface area contributed by atoms with Gasteiger partial charge in [0.15, 0.2) is 17.1 Å². The van der Waals surface area contributed by atoms with Crippen molar-refractivity contribution in [2.24, 2.45) is 28.6 Å². The average Bonchev–Trinajstić information content (AvgIpc) is 2.92. The second-order valence-electron chi connectivity index (χ2n) is 10.3. The number of carbonyl (C=O) groups excluding carboxylic acids is 3. The molecule has 0 amide bonds. The minimum absolute atomic E-state index is 0.0592. The first-order valence-electron chi connectivity index (χ1n) is 11.0. The van der Waals surface area contributed by atoms with Gasteiger partial charge < -0.3 is 9.84 Å². The number of esters is 1.